The molecule has 2 aliphatic heterocycles. The van der Waals surface area contributed by atoms with Gasteiger partial charge in [-0.2, -0.15) is 5.01 Å². The number of carbonyl (C=O) groups excluding carboxylic acids is 3. The second kappa shape index (κ2) is 7.58. The second-order valence-corrected chi connectivity index (χ2v) is 6.84. The Balaban J connectivity index is 1.61. The molecule has 0 bridgehead atoms. The van der Waals surface area contributed by atoms with Gasteiger partial charge in [0.15, 0.2) is 11.5 Å². The van der Waals surface area contributed by atoms with Gasteiger partial charge in [-0.1, -0.05) is 37.3 Å². The van der Waals surface area contributed by atoms with Crippen molar-refractivity contribution in [2.75, 3.05) is 20.3 Å². The third-order valence-electron chi connectivity index (χ3n) is 5.19. The number of urea groups is 1. The lowest BCUT2D eigenvalue weighted by Crippen LogP contribution is -2.48. The van der Waals surface area contributed by atoms with E-state index < -0.39 is 23.4 Å². The summed E-state index contributed by atoms with van der Waals surface area (Å²) in [5, 5.41) is 3.43. The Kier molecular flexibility index (Phi) is 4.94. The van der Waals surface area contributed by atoms with E-state index in [0.717, 1.165) is 0 Å². The third kappa shape index (κ3) is 3.08. The summed E-state index contributed by atoms with van der Waals surface area (Å²) in [5.41, 5.74) is 1.95. The lowest BCUT2D eigenvalue weighted by atomic mass is 9.87. The average Bonchev–Trinajstić information content (AvgIpc) is 3.03. The number of hydrogen-bond acceptors (Lipinski definition) is 6. The minimum Gasteiger partial charge on any atom is -0.493 e. The molecule has 9 nitrogen and oxygen atoms in total. The molecule has 0 spiro atoms. The summed E-state index contributed by atoms with van der Waals surface area (Å²) in [6, 6.07) is 11.2. The Morgan fingerprint density at radius 1 is 1.20 bits per heavy atom. The van der Waals surface area contributed by atoms with E-state index >= 15 is 0 Å². The van der Waals surface area contributed by atoms with E-state index in [2.05, 4.69) is 10.7 Å². The Morgan fingerprint density at radius 3 is 2.63 bits per heavy atom. The topological polar surface area (TPSA) is 106 Å². The maximum absolute atomic E-state index is 13.2. The van der Waals surface area contributed by atoms with Crippen LogP contribution >= 0.6 is 0 Å². The van der Waals surface area contributed by atoms with E-state index in [1.807, 2.05) is 6.07 Å². The van der Waals surface area contributed by atoms with Crippen molar-refractivity contribution in [1.82, 2.24) is 15.8 Å². The minimum atomic E-state index is -1.24. The predicted octanol–water partition coefficient (Wildman–Crippen LogP) is 1.97. The molecule has 156 valence electrons. The van der Waals surface area contributed by atoms with Crippen LogP contribution in [0, 0.1) is 0 Å². The first-order valence-electron chi connectivity index (χ1n) is 9.51. The van der Waals surface area contributed by atoms with Gasteiger partial charge >= 0.3 is 6.03 Å². The molecular formula is C21H21N3O6. The lowest BCUT2D eigenvalue weighted by molar-refractivity contribution is -0.133. The molecular weight excluding hydrogens is 390 g/mol. The first-order chi connectivity index (χ1) is 14.5. The smallest absolute Gasteiger partial charge is 0.344 e. The summed E-state index contributed by atoms with van der Waals surface area (Å²) in [6.45, 7) is 2.50. The molecule has 1 atom stereocenters. The molecule has 2 aromatic rings. The average molecular weight is 411 g/mol. The zero-order valence-corrected chi connectivity index (χ0v) is 16.6. The Bertz CT molecular complexity index is 992. The summed E-state index contributed by atoms with van der Waals surface area (Å²) < 4.78 is 16.3. The molecule has 2 N–H and O–H groups in total. The van der Waals surface area contributed by atoms with Crippen LogP contribution in [0.5, 0.6) is 17.2 Å². The van der Waals surface area contributed by atoms with Crippen molar-refractivity contribution in [3.8, 4) is 17.2 Å². The molecule has 0 unspecified atom stereocenters. The van der Waals surface area contributed by atoms with Gasteiger partial charge in [0.2, 0.25) is 5.75 Å². The lowest BCUT2D eigenvalue weighted by Gasteiger charge is -2.25. The number of hydrogen-bond donors (Lipinski definition) is 2. The summed E-state index contributed by atoms with van der Waals surface area (Å²) in [7, 11) is 1.45. The second-order valence-electron chi connectivity index (χ2n) is 6.84. The van der Waals surface area contributed by atoms with E-state index in [4.69, 9.17) is 14.2 Å². The van der Waals surface area contributed by atoms with Gasteiger partial charge in [-0.3, -0.25) is 15.0 Å². The molecule has 1 fully saturated rings. The van der Waals surface area contributed by atoms with Crippen LogP contribution in [-0.4, -0.2) is 43.2 Å². The van der Waals surface area contributed by atoms with Gasteiger partial charge in [-0.15, -0.1) is 0 Å². The number of nitrogens with one attached hydrogen (secondary N) is 2. The fourth-order valence-corrected chi connectivity index (χ4v) is 3.61. The third-order valence-corrected chi connectivity index (χ3v) is 5.19. The van der Waals surface area contributed by atoms with Gasteiger partial charge in [-0.25, -0.2) is 4.79 Å². The highest BCUT2D eigenvalue weighted by molar-refractivity contribution is 6.09. The summed E-state index contributed by atoms with van der Waals surface area (Å²) in [5.74, 6) is -0.131. The van der Waals surface area contributed by atoms with E-state index in [0.29, 0.717) is 47.5 Å². The molecule has 2 heterocycles. The Hall–Kier alpha value is -3.75. The number of amides is 4. The normalized spacial score (nSPS) is 20.0. The molecule has 0 radical (unpaired) electrons. The molecule has 2 aromatic carbocycles. The molecule has 4 rings (SSSR count). The maximum Gasteiger partial charge on any atom is 0.344 e. The number of benzene rings is 2. The van der Waals surface area contributed by atoms with E-state index in [1.165, 1.54) is 19.2 Å². The fraction of sp³-hybridized carbons (Fsp3) is 0.286. The van der Waals surface area contributed by atoms with Crippen molar-refractivity contribution in [3.05, 3.63) is 53.6 Å². The maximum atomic E-state index is 13.2. The van der Waals surface area contributed by atoms with Crippen LogP contribution in [0.1, 0.15) is 29.3 Å². The zero-order valence-electron chi connectivity index (χ0n) is 16.6. The van der Waals surface area contributed by atoms with Gasteiger partial charge in [0.05, 0.1) is 7.11 Å². The van der Waals surface area contributed by atoms with Gasteiger partial charge in [-0.05, 0) is 24.1 Å². The van der Waals surface area contributed by atoms with Crippen molar-refractivity contribution in [2.45, 2.75) is 18.9 Å². The van der Waals surface area contributed by atoms with E-state index in [1.54, 1.807) is 31.2 Å². The van der Waals surface area contributed by atoms with Crippen LogP contribution in [-0.2, 0) is 10.3 Å². The zero-order chi connectivity index (χ0) is 21.3. The quantitative estimate of drug-likeness (QED) is 0.729. The first kappa shape index (κ1) is 19.6. The number of fused-ring (bicyclic) bond motifs is 1. The van der Waals surface area contributed by atoms with Crippen LogP contribution in [0.15, 0.2) is 42.5 Å². The monoisotopic (exact) mass is 411 g/mol. The number of carbonyl (C=O) groups is 3. The van der Waals surface area contributed by atoms with Gasteiger partial charge in [0.1, 0.15) is 18.8 Å². The van der Waals surface area contributed by atoms with Crippen molar-refractivity contribution in [3.63, 3.8) is 0 Å². The molecule has 2 aliphatic rings. The van der Waals surface area contributed by atoms with Gasteiger partial charge in [0, 0.05) is 5.56 Å². The van der Waals surface area contributed by atoms with E-state index in [9.17, 15) is 14.4 Å². The minimum absolute atomic E-state index is 0.158. The van der Waals surface area contributed by atoms with Gasteiger partial charge in [0.25, 0.3) is 11.8 Å². The number of imide groups is 1. The van der Waals surface area contributed by atoms with Crippen LogP contribution in [0.2, 0.25) is 0 Å². The Labute approximate surface area is 172 Å². The SMILES string of the molecule is CC[C@]1(c2ccccc2)NC(=O)N(NC(=O)c2cc(OC)c3c(c2)OCCO3)C1=O. The number of rotatable bonds is 5. The van der Waals surface area contributed by atoms with Crippen LogP contribution in [0.4, 0.5) is 4.79 Å². The number of nitrogens with zero attached hydrogens (tertiary/aromatic N) is 1. The number of methoxy groups -OCH3 is 1. The molecule has 0 saturated carbocycles. The number of hydrazine groups is 1. The fourth-order valence-electron chi connectivity index (χ4n) is 3.61. The number of ether oxygens (including phenoxy) is 3. The van der Waals surface area contributed by atoms with Crippen molar-refractivity contribution in [1.29, 1.82) is 0 Å². The predicted molar refractivity (Wildman–Crippen MR) is 105 cm³/mol. The van der Waals surface area contributed by atoms with E-state index in [-0.39, 0.29) is 5.56 Å². The highest BCUT2D eigenvalue weighted by atomic mass is 16.6. The first-order valence-corrected chi connectivity index (χ1v) is 9.51. The standard InChI is InChI=1S/C21H21N3O6/c1-3-21(14-7-5-4-6-8-14)19(26)24(20(27)22-21)23-18(25)13-11-15(28-2)17-16(12-13)29-9-10-30-17/h4-8,11-12H,3,9-10H2,1-2H3,(H,22,27)(H,23,25)/t21-/m1/s1. The highest BCUT2D eigenvalue weighted by Crippen LogP contribution is 2.40. The summed E-state index contributed by atoms with van der Waals surface area (Å²) >= 11 is 0. The summed E-state index contributed by atoms with van der Waals surface area (Å²) in [4.78, 5) is 38.6. The van der Waals surface area contributed by atoms with Crippen LogP contribution < -0.4 is 25.0 Å². The molecule has 1 saturated heterocycles. The van der Waals surface area contributed by atoms with Gasteiger partial charge < -0.3 is 19.5 Å². The van der Waals surface area contributed by atoms with Crippen molar-refractivity contribution in [2.24, 2.45) is 0 Å². The van der Waals surface area contributed by atoms with Crippen LogP contribution in [0.3, 0.4) is 0 Å². The van der Waals surface area contributed by atoms with Crippen molar-refractivity contribution >= 4 is 17.8 Å². The molecule has 0 aromatic heterocycles. The molecule has 9 heteroatoms. The summed E-state index contributed by atoms with van der Waals surface area (Å²) in [6.07, 6.45) is 0.325. The molecule has 4 amide bonds. The van der Waals surface area contributed by atoms with Crippen LogP contribution in [0.25, 0.3) is 0 Å². The highest BCUT2D eigenvalue weighted by Gasteiger charge is 2.52. The van der Waals surface area contributed by atoms with Crippen molar-refractivity contribution < 1.29 is 28.6 Å². The largest absolute Gasteiger partial charge is 0.493 e. The molecule has 0 aliphatic carbocycles. The Morgan fingerprint density at radius 2 is 1.93 bits per heavy atom. The molecule has 30 heavy (non-hydrogen) atoms.